The number of pyridine rings is 1. The molecular weight excluding hydrogens is 582 g/mol. The molecule has 2 saturated heterocycles. The van der Waals surface area contributed by atoms with Crippen molar-refractivity contribution in [2.24, 2.45) is 0 Å². The van der Waals surface area contributed by atoms with E-state index in [2.05, 4.69) is 54.0 Å². The highest BCUT2D eigenvalue weighted by Gasteiger charge is 2.38. The Hall–Kier alpha value is -3.88. The third kappa shape index (κ3) is 5.57. The number of rotatable bonds is 10. The highest BCUT2D eigenvalue weighted by Crippen LogP contribution is 2.31. The van der Waals surface area contributed by atoms with Gasteiger partial charge in [-0.05, 0) is 45.1 Å². The van der Waals surface area contributed by atoms with Gasteiger partial charge in [0.2, 0.25) is 0 Å². The fraction of sp³-hybridized carbons (Fsp3) is 0.500. The van der Waals surface area contributed by atoms with E-state index in [1.54, 1.807) is 18.5 Å². The molecule has 2 aliphatic heterocycles. The summed E-state index contributed by atoms with van der Waals surface area (Å²) in [6.07, 6.45) is 12.3. The van der Waals surface area contributed by atoms with E-state index >= 15 is 0 Å². The summed E-state index contributed by atoms with van der Waals surface area (Å²) in [7, 11) is -3.48. The van der Waals surface area contributed by atoms with E-state index in [1.165, 1.54) is 12.4 Å². The summed E-state index contributed by atoms with van der Waals surface area (Å²) >= 11 is 0. The monoisotopic (exact) mass is 619 g/mol. The molecule has 1 aliphatic carbocycles. The van der Waals surface area contributed by atoms with Gasteiger partial charge in [0.15, 0.2) is 5.82 Å². The zero-order chi connectivity index (χ0) is 30.4. The summed E-state index contributed by atoms with van der Waals surface area (Å²) in [6.45, 7) is 7.82. The van der Waals surface area contributed by atoms with Crippen LogP contribution in [0.25, 0.3) is 22.3 Å². The third-order valence-electron chi connectivity index (χ3n) is 8.97. The molecular formula is C30H37N9O4S. The number of carbonyl (C=O) groups is 1. The maximum atomic E-state index is 13.5. The van der Waals surface area contributed by atoms with E-state index in [1.807, 2.05) is 12.3 Å². The second-order valence-electron chi connectivity index (χ2n) is 12.0. The molecule has 44 heavy (non-hydrogen) atoms. The number of aromatic nitrogens is 6. The number of likely N-dealkylation sites (tertiary alicyclic amines) is 1. The topological polar surface area (TPSA) is 149 Å². The van der Waals surface area contributed by atoms with Gasteiger partial charge in [-0.2, -0.15) is 9.19 Å². The zero-order valence-electron chi connectivity index (χ0n) is 24.9. The van der Waals surface area contributed by atoms with Crippen molar-refractivity contribution in [1.82, 2.24) is 38.9 Å². The van der Waals surface area contributed by atoms with Crippen LogP contribution in [0.3, 0.4) is 0 Å². The number of ether oxygens (including phenoxy) is 1. The molecule has 3 aliphatic rings. The second-order valence-corrected chi connectivity index (χ2v) is 14.1. The summed E-state index contributed by atoms with van der Waals surface area (Å²) in [6, 6.07) is 4.49. The smallest absolute Gasteiger partial charge is 0.256 e. The Bertz CT molecular complexity index is 1790. The Labute approximate surface area is 256 Å². The number of amides is 1. The summed E-state index contributed by atoms with van der Waals surface area (Å²) in [5.41, 5.74) is 2.03. The minimum atomic E-state index is -3.48. The fourth-order valence-electron chi connectivity index (χ4n) is 5.84. The fourth-order valence-corrected chi connectivity index (χ4v) is 7.31. The molecule has 2 N–H and O–H groups in total. The SMILES string of the molecule is CCC(C)n1cc(C(=O)NC2CCN(C3COC3)CC2)c2cnc(Nc3ccnc(-c4cnn(S(=O)(=O)C5CC5)c4)n3)cc21. The maximum Gasteiger partial charge on any atom is 0.256 e. The lowest BCUT2D eigenvalue weighted by Gasteiger charge is -2.41. The summed E-state index contributed by atoms with van der Waals surface area (Å²) in [5.74, 6) is 1.34. The Morgan fingerprint density at radius 3 is 2.59 bits per heavy atom. The van der Waals surface area contributed by atoms with Crippen LogP contribution in [0.2, 0.25) is 0 Å². The molecule has 4 aromatic rings. The van der Waals surface area contributed by atoms with Gasteiger partial charge in [-0.15, -0.1) is 0 Å². The molecule has 7 rings (SSSR count). The van der Waals surface area contributed by atoms with Crippen LogP contribution in [0.1, 0.15) is 62.4 Å². The quantitative estimate of drug-likeness (QED) is 0.271. The van der Waals surface area contributed by atoms with Gasteiger partial charge in [0.1, 0.15) is 11.6 Å². The molecule has 3 fully saturated rings. The van der Waals surface area contributed by atoms with E-state index < -0.39 is 10.0 Å². The largest absolute Gasteiger partial charge is 0.378 e. The Morgan fingerprint density at radius 1 is 1.09 bits per heavy atom. The van der Waals surface area contributed by atoms with Gasteiger partial charge >= 0.3 is 0 Å². The number of hydrogen-bond donors (Lipinski definition) is 2. The predicted octanol–water partition coefficient (Wildman–Crippen LogP) is 3.34. The number of nitrogens with one attached hydrogen (secondary N) is 2. The maximum absolute atomic E-state index is 13.5. The third-order valence-corrected chi connectivity index (χ3v) is 11.0. The highest BCUT2D eigenvalue weighted by atomic mass is 32.2. The molecule has 1 saturated carbocycles. The van der Waals surface area contributed by atoms with Crippen LogP contribution in [-0.2, 0) is 14.8 Å². The summed E-state index contributed by atoms with van der Waals surface area (Å²) in [4.78, 5) is 29.5. The number of fused-ring (bicyclic) bond motifs is 1. The lowest BCUT2D eigenvalue weighted by molar-refractivity contribution is -0.0716. The van der Waals surface area contributed by atoms with Gasteiger partial charge in [-0.25, -0.2) is 23.4 Å². The summed E-state index contributed by atoms with van der Waals surface area (Å²) < 4.78 is 33.6. The van der Waals surface area contributed by atoms with Gasteiger partial charge < -0.3 is 19.9 Å². The zero-order valence-corrected chi connectivity index (χ0v) is 25.7. The van der Waals surface area contributed by atoms with E-state index in [4.69, 9.17) is 4.74 Å². The molecule has 1 unspecified atom stereocenters. The van der Waals surface area contributed by atoms with Crippen LogP contribution < -0.4 is 10.6 Å². The number of nitrogens with zero attached hydrogens (tertiary/aromatic N) is 7. The molecule has 1 atom stereocenters. The molecule has 0 bridgehead atoms. The van der Waals surface area contributed by atoms with E-state index in [0.29, 0.717) is 47.5 Å². The van der Waals surface area contributed by atoms with Crippen molar-refractivity contribution in [1.29, 1.82) is 0 Å². The first-order valence-corrected chi connectivity index (χ1v) is 16.8. The van der Waals surface area contributed by atoms with Gasteiger partial charge in [-0.3, -0.25) is 9.69 Å². The van der Waals surface area contributed by atoms with Crippen molar-refractivity contribution in [3.05, 3.63) is 48.7 Å². The Morgan fingerprint density at radius 2 is 1.89 bits per heavy atom. The molecule has 1 amide bonds. The number of carbonyl (C=O) groups excluding carboxylic acids is 1. The summed E-state index contributed by atoms with van der Waals surface area (Å²) in [5, 5.41) is 11.0. The molecule has 0 aromatic carbocycles. The standard InChI is InChI=1S/C30H37N9O4S/c1-3-19(2)38-16-25(30(40)34-21-7-10-37(11-8-21)22-17-43-18-22)24-14-32-28(12-26(24)38)35-27-6-9-31-29(36-27)20-13-33-39(15-20)44(41,42)23-4-5-23/h6,9,12-16,19,21-23H,3-5,7-8,10-11,17-18H2,1-2H3,(H,34,40)(H,31,32,35,36). The van der Waals surface area contributed by atoms with Gasteiger partial charge in [0.05, 0.1) is 53.5 Å². The van der Waals surface area contributed by atoms with Crippen LogP contribution >= 0.6 is 0 Å². The van der Waals surface area contributed by atoms with Crippen molar-refractivity contribution in [3.8, 4) is 11.4 Å². The molecule has 13 nitrogen and oxygen atoms in total. The molecule has 4 aromatic heterocycles. The van der Waals surface area contributed by atoms with Crippen molar-refractivity contribution in [2.45, 2.75) is 69.3 Å². The molecule has 232 valence electrons. The lowest BCUT2D eigenvalue weighted by atomic mass is 10.0. The molecule has 6 heterocycles. The average molecular weight is 620 g/mol. The Balaban J connectivity index is 1.09. The Kier molecular flexibility index (Phi) is 7.58. The molecule has 0 radical (unpaired) electrons. The number of piperidine rings is 1. The normalized spacial score (nSPS) is 19.1. The first-order valence-electron chi connectivity index (χ1n) is 15.3. The molecule has 14 heteroatoms. The van der Waals surface area contributed by atoms with E-state index in [-0.39, 0.29) is 23.2 Å². The van der Waals surface area contributed by atoms with Crippen molar-refractivity contribution < 1.29 is 17.9 Å². The first kappa shape index (κ1) is 28.9. The minimum Gasteiger partial charge on any atom is -0.378 e. The van der Waals surface area contributed by atoms with Crippen LogP contribution in [0.15, 0.2) is 43.1 Å². The van der Waals surface area contributed by atoms with Crippen molar-refractivity contribution >= 4 is 38.5 Å². The average Bonchev–Trinajstić information content (AvgIpc) is 3.62. The van der Waals surface area contributed by atoms with Gasteiger partial charge in [0.25, 0.3) is 15.9 Å². The van der Waals surface area contributed by atoms with Crippen molar-refractivity contribution in [2.75, 3.05) is 31.6 Å². The van der Waals surface area contributed by atoms with Crippen LogP contribution in [0.5, 0.6) is 0 Å². The van der Waals surface area contributed by atoms with Crippen molar-refractivity contribution in [3.63, 3.8) is 0 Å². The predicted molar refractivity (Wildman–Crippen MR) is 165 cm³/mol. The van der Waals surface area contributed by atoms with Crippen LogP contribution in [-0.4, -0.2) is 91.6 Å². The first-order chi connectivity index (χ1) is 21.3. The van der Waals surface area contributed by atoms with Crippen LogP contribution in [0.4, 0.5) is 11.6 Å². The molecule has 0 spiro atoms. The van der Waals surface area contributed by atoms with E-state index in [9.17, 15) is 13.2 Å². The second kappa shape index (κ2) is 11.6. The minimum absolute atomic E-state index is 0.0744. The highest BCUT2D eigenvalue weighted by molar-refractivity contribution is 7.90. The lowest BCUT2D eigenvalue weighted by Crippen LogP contribution is -2.54. The van der Waals surface area contributed by atoms with Gasteiger partial charge in [0, 0.05) is 55.2 Å². The number of hydrogen-bond acceptors (Lipinski definition) is 10. The van der Waals surface area contributed by atoms with Crippen LogP contribution in [0, 0.1) is 0 Å². The van der Waals surface area contributed by atoms with Gasteiger partial charge in [-0.1, -0.05) is 6.92 Å². The number of anilines is 2. The van der Waals surface area contributed by atoms with E-state index in [0.717, 1.165) is 60.6 Å².